The van der Waals surface area contributed by atoms with Crippen LogP contribution in [0.4, 0.5) is 0 Å². The van der Waals surface area contributed by atoms with Crippen molar-refractivity contribution < 1.29 is 4.79 Å². The molecular weight excluding hydrogens is 168 g/mol. The second-order valence-corrected chi connectivity index (χ2v) is 5.14. The van der Waals surface area contributed by atoms with Gasteiger partial charge in [0, 0.05) is 17.6 Å². The minimum atomic E-state index is -0.0687. The number of hydrogen-bond donors (Lipinski definition) is 1. The molecule has 0 amide bonds. The molecule has 0 radical (unpaired) electrons. The summed E-state index contributed by atoms with van der Waals surface area (Å²) in [5.41, 5.74) is 0.145. The highest BCUT2D eigenvalue weighted by molar-refractivity contribution is 7.80. The number of rotatable bonds is 1. The van der Waals surface area contributed by atoms with Crippen molar-refractivity contribution in [3.63, 3.8) is 0 Å². The molecule has 2 saturated carbocycles. The molecule has 2 atom stereocenters. The Bertz CT molecular complexity index is 234. The maximum Gasteiger partial charge on any atom is 0.140 e. The van der Waals surface area contributed by atoms with Gasteiger partial charge in [-0.2, -0.15) is 12.6 Å². The third-order valence-electron chi connectivity index (χ3n) is 4.41. The van der Waals surface area contributed by atoms with Gasteiger partial charge in [-0.15, -0.1) is 0 Å². The molecular formula is C10H16OS. The number of fused-ring (bicyclic) bond motifs is 2. The standard InChI is InChI=1S/C10H16OS/c1-9(2)7-3-4-10(9,6-12)8(11)5-7/h7,12H,3-6H2,1-2H3/t7-,10?/m1/s1. The molecule has 68 valence electrons. The second-order valence-electron chi connectivity index (χ2n) is 4.82. The third kappa shape index (κ3) is 0.704. The summed E-state index contributed by atoms with van der Waals surface area (Å²) in [4.78, 5) is 11.8. The number of Topliss-reactive ketones (excluding diaryl/α,β-unsaturated/α-hetero) is 1. The van der Waals surface area contributed by atoms with Crippen LogP contribution in [0.1, 0.15) is 33.1 Å². The normalized spacial score (nSPS) is 43.9. The molecule has 2 rings (SSSR count). The zero-order valence-electron chi connectivity index (χ0n) is 7.76. The first-order chi connectivity index (χ1) is 5.54. The Labute approximate surface area is 79.3 Å². The lowest BCUT2D eigenvalue weighted by Gasteiger charge is -2.34. The Morgan fingerprint density at radius 2 is 2.25 bits per heavy atom. The third-order valence-corrected chi connectivity index (χ3v) is 4.95. The second kappa shape index (κ2) is 2.28. The molecule has 2 aliphatic carbocycles. The number of carbonyl (C=O) groups is 1. The summed E-state index contributed by atoms with van der Waals surface area (Å²) in [6.45, 7) is 4.48. The van der Waals surface area contributed by atoms with E-state index in [1.807, 2.05) is 0 Å². The number of ketones is 1. The lowest BCUT2D eigenvalue weighted by molar-refractivity contribution is -0.127. The lowest BCUT2D eigenvalue weighted by atomic mass is 9.70. The van der Waals surface area contributed by atoms with Crippen molar-refractivity contribution >= 4 is 18.4 Å². The largest absolute Gasteiger partial charge is 0.299 e. The highest BCUT2D eigenvalue weighted by Gasteiger charge is 2.63. The molecule has 0 heterocycles. The highest BCUT2D eigenvalue weighted by Crippen LogP contribution is 2.64. The maximum atomic E-state index is 11.8. The topological polar surface area (TPSA) is 17.1 Å². The van der Waals surface area contributed by atoms with Crippen LogP contribution in [0.25, 0.3) is 0 Å². The molecule has 2 fully saturated rings. The molecule has 2 aliphatic rings. The van der Waals surface area contributed by atoms with Crippen molar-refractivity contribution in [2.75, 3.05) is 5.75 Å². The van der Waals surface area contributed by atoms with Gasteiger partial charge in [0.25, 0.3) is 0 Å². The van der Waals surface area contributed by atoms with Gasteiger partial charge in [0.2, 0.25) is 0 Å². The molecule has 2 heteroatoms. The molecule has 0 aliphatic heterocycles. The molecule has 2 bridgehead atoms. The SMILES string of the molecule is CC1(C)[C@@H]2CCC1(CS)C(=O)C2. The van der Waals surface area contributed by atoms with Gasteiger partial charge in [-0.05, 0) is 24.2 Å². The fraction of sp³-hybridized carbons (Fsp3) is 0.900. The minimum absolute atomic E-state index is 0.0687. The van der Waals surface area contributed by atoms with Crippen LogP contribution in [-0.2, 0) is 4.79 Å². The van der Waals surface area contributed by atoms with Crippen LogP contribution in [0.3, 0.4) is 0 Å². The summed E-state index contributed by atoms with van der Waals surface area (Å²) >= 11 is 4.36. The fourth-order valence-corrected chi connectivity index (χ4v) is 3.88. The number of hydrogen-bond acceptors (Lipinski definition) is 2. The van der Waals surface area contributed by atoms with Crippen LogP contribution in [0, 0.1) is 16.7 Å². The quantitative estimate of drug-likeness (QED) is 0.619. The van der Waals surface area contributed by atoms with Gasteiger partial charge >= 0.3 is 0 Å². The van der Waals surface area contributed by atoms with Crippen LogP contribution in [0.15, 0.2) is 0 Å². The van der Waals surface area contributed by atoms with Crippen molar-refractivity contribution in [2.24, 2.45) is 16.7 Å². The van der Waals surface area contributed by atoms with Gasteiger partial charge in [0.1, 0.15) is 5.78 Å². The Hall–Kier alpha value is 0.0200. The highest BCUT2D eigenvalue weighted by atomic mass is 32.1. The molecule has 0 aromatic rings. The minimum Gasteiger partial charge on any atom is -0.299 e. The Morgan fingerprint density at radius 1 is 1.58 bits per heavy atom. The van der Waals surface area contributed by atoms with Crippen LogP contribution >= 0.6 is 12.6 Å². The summed E-state index contributed by atoms with van der Waals surface area (Å²) < 4.78 is 0. The zero-order chi connectivity index (χ0) is 8.98. The van der Waals surface area contributed by atoms with E-state index in [4.69, 9.17) is 0 Å². The van der Waals surface area contributed by atoms with E-state index in [-0.39, 0.29) is 10.8 Å². The molecule has 12 heavy (non-hydrogen) atoms. The Morgan fingerprint density at radius 3 is 2.50 bits per heavy atom. The van der Waals surface area contributed by atoms with Crippen molar-refractivity contribution in [2.45, 2.75) is 33.1 Å². The van der Waals surface area contributed by atoms with E-state index in [9.17, 15) is 4.79 Å². The molecule has 1 unspecified atom stereocenters. The van der Waals surface area contributed by atoms with Gasteiger partial charge in [0.15, 0.2) is 0 Å². The predicted octanol–water partition coefficient (Wildman–Crippen LogP) is 2.31. The maximum absolute atomic E-state index is 11.8. The Balaban J connectivity index is 2.46. The smallest absolute Gasteiger partial charge is 0.140 e. The number of thiol groups is 1. The van der Waals surface area contributed by atoms with Crippen molar-refractivity contribution in [3.05, 3.63) is 0 Å². The van der Waals surface area contributed by atoms with Crippen molar-refractivity contribution in [3.8, 4) is 0 Å². The zero-order valence-corrected chi connectivity index (χ0v) is 8.66. The number of carbonyl (C=O) groups excluding carboxylic acids is 1. The van der Waals surface area contributed by atoms with E-state index in [0.29, 0.717) is 11.7 Å². The molecule has 0 N–H and O–H groups in total. The monoisotopic (exact) mass is 184 g/mol. The fourth-order valence-electron chi connectivity index (χ4n) is 3.14. The molecule has 0 saturated heterocycles. The van der Waals surface area contributed by atoms with Gasteiger partial charge in [-0.1, -0.05) is 13.8 Å². The molecule has 0 aromatic carbocycles. The van der Waals surface area contributed by atoms with Crippen molar-refractivity contribution in [1.29, 1.82) is 0 Å². The van der Waals surface area contributed by atoms with E-state index in [1.165, 1.54) is 6.42 Å². The van der Waals surface area contributed by atoms with E-state index in [0.717, 1.165) is 18.6 Å². The summed E-state index contributed by atoms with van der Waals surface area (Å²) in [6.07, 6.45) is 3.12. The van der Waals surface area contributed by atoms with Gasteiger partial charge in [0.05, 0.1) is 0 Å². The van der Waals surface area contributed by atoms with Gasteiger partial charge < -0.3 is 0 Å². The van der Waals surface area contributed by atoms with E-state index >= 15 is 0 Å². The van der Waals surface area contributed by atoms with Crippen LogP contribution < -0.4 is 0 Å². The average Bonchev–Trinajstić information content (AvgIpc) is 2.36. The molecule has 1 nitrogen and oxygen atoms in total. The summed E-state index contributed by atoms with van der Waals surface area (Å²) in [5, 5.41) is 0. The molecule has 0 spiro atoms. The summed E-state index contributed by atoms with van der Waals surface area (Å²) in [5.74, 6) is 1.85. The first-order valence-corrected chi connectivity index (χ1v) is 5.32. The lowest BCUT2D eigenvalue weighted by Crippen LogP contribution is -2.37. The first kappa shape index (κ1) is 8.61. The first-order valence-electron chi connectivity index (χ1n) is 4.69. The molecule has 0 aromatic heterocycles. The summed E-state index contributed by atoms with van der Waals surface area (Å²) in [6, 6.07) is 0. The predicted molar refractivity (Wildman–Crippen MR) is 52.4 cm³/mol. The van der Waals surface area contributed by atoms with Crippen LogP contribution in [0.5, 0.6) is 0 Å². The Kier molecular flexibility index (Phi) is 1.64. The van der Waals surface area contributed by atoms with Crippen molar-refractivity contribution in [1.82, 2.24) is 0 Å². The summed E-state index contributed by atoms with van der Waals surface area (Å²) in [7, 11) is 0. The van der Waals surface area contributed by atoms with E-state index in [2.05, 4.69) is 26.5 Å². The van der Waals surface area contributed by atoms with Gasteiger partial charge in [-0.3, -0.25) is 4.79 Å². The van der Waals surface area contributed by atoms with E-state index < -0.39 is 0 Å². The van der Waals surface area contributed by atoms with E-state index in [1.54, 1.807) is 0 Å². The van der Waals surface area contributed by atoms with Crippen LogP contribution in [0.2, 0.25) is 0 Å². The van der Waals surface area contributed by atoms with Gasteiger partial charge in [-0.25, -0.2) is 0 Å². The average molecular weight is 184 g/mol. The van der Waals surface area contributed by atoms with Crippen LogP contribution in [-0.4, -0.2) is 11.5 Å².